The Labute approximate surface area is 188 Å². The summed E-state index contributed by atoms with van der Waals surface area (Å²) in [6.45, 7) is 8.88. The summed E-state index contributed by atoms with van der Waals surface area (Å²) in [6, 6.07) is 8.12. The van der Waals surface area contributed by atoms with E-state index in [4.69, 9.17) is 0 Å². The third-order valence-corrected chi connectivity index (χ3v) is 5.58. The zero-order chi connectivity index (χ0) is 19.7. The van der Waals surface area contributed by atoms with E-state index in [0.717, 1.165) is 48.6 Å². The monoisotopic (exact) mass is 453 g/mol. The number of nitrogens with one attached hydrogen (secondary N) is 1. The molecule has 1 amide bonds. The number of aryl methyl sites for hydroxylation is 1. The number of hydrogen-bond acceptors (Lipinski definition) is 5. The van der Waals surface area contributed by atoms with Crippen LogP contribution in [0.2, 0.25) is 0 Å². The highest BCUT2D eigenvalue weighted by molar-refractivity contribution is 5.85. The predicted molar refractivity (Wildman–Crippen MR) is 121 cm³/mol. The van der Waals surface area contributed by atoms with Gasteiger partial charge in [0.25, 0.3) is 0 Å². The molecule has 0 bridgehead atoms. The van der Waals surface area contributed by atoms with Gasteiger partial charge in [0.1, 0.15) is 11.5 Å². The summed E-state index contributed by atoms with van der Waals surface area (Å²) in [5.74, 6) is 1.14. The summed E-state index contributed by atoms with van der Waals surface area (Å²) < 4.78 is 4.05. The molecular weight excluding hydrogens is 425 g/mol. The number of para-hydroxylation sites is 2. The molecule has 0 radical (unpaired) electrons. The lowest BCUT2D eigenvalue weighted by Gasteiger charge is -2.22. The van der Waals surface area contributed by atoms with Gasteiger partial charge in [-0.15, -0.1) is 29.9 Å². The SMILES string of the molecule is CCN(CC)C(=O)[C@@H]1C[C@@H](n2cc(Cn3c(C)nc4ccccc43)nn2)CN1.Cl.Cl. The van der Waals surface area contributed by atoms with Crippen LogP contribution >= 0.6 is 24.8 Å². The largest absolute Gasteiger partial charge is 0.342 e. The molecule has 1 saturated heterocycles. The minimum Gasteiger partial charge on any atom is -0.342 e. The first-order chi connectivity index (χ1) is 13.6. The molecule has 1 N–H and O–H groups in total. The van der Waals surface area contributed by atoms with Crippen molar-refractivity contribution in [1.82, 2.24) is 34.8 Å². The Bertz CT molecular complexity index is 983. The summed E-state index contributed by atoms with van der Waals surface area (Å²) in [6.07, 6.45) is 2.73. The van der Waals surface area contributed by atoms with Crippen LogP contribution in [0.5, 0.6) is 0 Å². The maximum atomic E-state index is 12.6. The maximum absolute atomic E-state index is 12.6. The molecule has 2 aromatic heterocycles. The fourth-order valence-corrected chi connectivity index (χ4v) is 3.98. The number of carbonyl (C=O) groups excluding carboxylic acids is 1. The molecule has 164 valence electrons. The molecule has 3 aromatic rings. The van der Waals surface area contributed by atoms with Gasteiger partial charge in [-0.25, -0.2) is 9.67 Å². The third kappa shape index (κ3) is 4.61. The van der Waals surface area contributed by atoms with E-state index in [1.165, 1.54) is 0 Å². The van der Waals surface area contributed by atoms with Crippen LogP contribution in [0.4, 0.5) is 0 Å². The molecule has 0 aliphatic carbocycles. The van der Waals surface area contributed by atoms with Crippen molar-refractivity contribution < 1.29 is 4.79 Å². The summed E-state index contributed by atoms with van der Waals surface area (Å²) in [4.78, 5) is 19.1. The smallest absolute Gasteiger partial charge is 0.239 e. The number of halogens is 2. The molecule has 8 nitrogen and oxygen atoms in total. The molecule has 10 heteroatoms. The number of amides is 1. The highest BCUT2D eigenvalue weighted by Crippen LogP contribution is 2.21. The Balaban J connectivity index is 0.00000160. The van der Waals surface area contributed by atoms with Crippen LogP contribution < -0.4 is 5.32 Å². The van der Waals surface area contributed by atoms with E-state index < -0.39 is 0 Å². The number of nitrogens with zero attached hydrogens (tertiary/aromatic N) is 6. The average Bonchev–Trinajstić information content (AvgIpc) is 3.42. The van der Waals surface area contributed by atoms with Crippen molar-refractivity contribution in [1.29, 1.82) is 0 Å². The number of rotatable bonds is 6. The lowest BCUT2D eigenvalue weighted by atomic mass is 10.1. The molecule has 1 aromatic carbocycles. The first-order valence-electron chi connectivity index (χ1n) is 9.95. The number of hydrogen-bond donors (Lipinski definition) is 1. The van der Waals surface area contributed by atoms with Gasteiger partial charge in [0.2, 0.25) is 5.91 Å². The van der Waals surface area contributed by atoms with Gasteiger partial charge in [0, 0.05) is 19.6 Å². The highest BCUT2D eigenvalue weighted by atomic mass is 35.5. The zero-order valence-electron chi connectivity index (χ0n) is 17.5. The lowest BCUT2D eigenvalue weighted by Crippen LogP contribution is -2.43. The predicted octanol–water partition coefficient (Wildman–Crippen LogP) is 2.60. The van der Waals surface area contributed by atoms with Gasteiger partial charge in [-0.1, -0.05) is 17.3 Å². The Hall–Kier alpha value is -2.16. The molecule has 1 fully saturated rings. The van der Waals surface area contributed by atoms with E-state index in [2.05, 4.69) is 31.2 Å². The van der Waals surface area contributed by atoms with Crippen molar-refractivity contribution in [2.75, 3.05) is 19.6 Å². The fourth-order valence-electron chi connectivity index (χ4n) is 3.98. The van der Waals surface area contributed by atoms with Crippen molar-refractivity contribution in [2.45, 2.75) is 45.8 Å². The first kappa shape index (κ1) is 24.1. The second kappa shape index (κ2) is 10.2. The van der Waals surface area contributed by atoms with Gasteiger partial charge in [0.15, 0.2) is 0 Å². The first-order valence-corrected chi connectivity index (χ1v) is 9.95. The summed E-state index contributed by atoms with van der Waals surface area (Å²) in [5, 5.41) is 12.0. The molecule has 3 heterocycles. The van der Waals surface area contributed by atoms with E-state index in [1.54, 1.807) is 0 Å². The molecule has 1 aliphatic heterocycles. The Morgan fingerprint density at radius 1 is 1.23 bits per heavy atom. The van der Waals surface area contributed by atoms with E-state index >= 15 is 0 Å². The van der Waals surface area contributed by atoms with Crippen molar-refractivity contribution in [3.8, 4) is 0 Å². The van der Waals surface area contributed by atoms with E-state index in [1.807, 2.05) is 54.7 Å². The third-order valence-electron chi connectivity index (χ3n) is 5.58. The van der Waals surface area contributed by atoms with Gasteiger partial charge < -0.3 is 14.8 Å². The van der Waals surface area contributed by atoms with Gasteiger partial charge >= 0.3 is 0 Å². The van der Waals surface area contributed by atoms with Crippen LogP contribution in [0.3, 0.4) is 0 Å². The van der Waals surface area contributed by atoms with Gasteiger partial charge in [-0.3, -0.25) is 4.79 Å². The molecule has 4 rings (SSSR count). The molecular formula is C20H29Cl2N7O. The van der Waals surface area contributed by atoms with Gasteiger partial charge in [-0.2, -0.15) is 0 Å². The second-order valence-corrected chi connectivity index (χ2v) is 7.28. The van der Waals surface area contributed by atoms with Gasteiger partial charge in [-0.05, 0) is 39.3 Å². The molecule has 30 heavy (non-hydrogen) atoms. The standard InChI is InChI=1S/C20H27N7O.2ClH/c1-4-25(5-2)20(28)18-10-16(11-21-18)27-13-15(23-24-27)12-26-14(3)22-17-8-6-7-9-19(17)26;;/h6-9,13,16,18,21H,4-5,10-12H2,1-3H3;2*1H/t16-,18+;;/m1../s1. The zero-order valence-corrected chi connectivity index (χ0v) is 19.1. The lowest BCUT2D eigenvalue weighted by molar-refractivity contribution is -0.132. The maximum Gasteiger partial charge on any atom is 0.239 e. The van der Waals surface area contributed by atoms with Crippen molar-refractivity contribution >= 4 is 41.8 Å². The van der Waals surface area contributed by atoms with Gasteiger partial charge in [0.05, 0.1) is 35.9 Å². The number of fused-ring (bicyclic) bond motifs is 1. The van der Waals surface area contributed by atoms with Crippen molar-refractivity contribution in [3.05, 3.63) is 42.0 Å². The normalized spacial score (nSPS) is 18.1. The second-order valence-electron chi connectivity index (χ2n) is 7.28. The summed E-state index contributed by atoms with van der Waals surface area (Å²) in [7, 11) is 0. The number of aromatic nitrogens is 5. The summed E-state index contributed by atoms with van der Waals surface area (Å²) >= 11 is 0. The molecule has 1 aliphatic rings. The van der Waals surface area contributed by atoms with Crippen molar-refractivity contribution in [2.24, 2.45) is 0 Å². The molecule has 2 atom stereocenters. The van der Waals surface area contributed by atoms with Crippen LogP contribution in [0.1, 0.15) is 37.8 Å². The van der Waals surface area contributed by atoms with Crippen LogP contribution in [0.15, 0.2) is 30.5 Å². The highest BCUT2D eigenvalue weighted by Gasteiger charge is 2.33. The molecule has 0 spiro atoms. The Kier molecular flexibility index (Phi) is 8.23. The summed E-state index contributed by atoms with van der Waals surface area (Å²) in [5.41, 5.74) is 2.98. The van der Waals surface area contributed by atoms with E-state index in [0.29, 0.717) is 6.54 Å². The van der Waals surface area contributed by atoms with Crippen LogP contribution in [0.25, 0.3) is 11.0 Å². The van der Waals surface area contributed by atoms with Crippen LogP contribution in [0, 0.1) is 6.92 Å². The van der Waals surface area contributed by atoms with Crippen LogP contribution in [-0.2, 0) is 11.3 Å². The topological polar surface area (TPSA) is 80.9 Å². The van der Waals surface area contributed by atoms with Crippen molar-refractivity contribution in [3.63, 3.8) is 0 Å². The number of carbonyl (C=O) groups is 1. The average molecular weight is 454 g/mol. The quantitative estimate of drug-likeness (QED) is 0.620. The Morgan fingerprint density at radius 2 is 1.97 bits per heavy atom. The Morgan fingerprint density at radius 3 is 2.70 bits per heavy atom. The van der Waals surface area contributed by atoms with Crippen LogP contribution in [-0.4, -0.2) is 61.0 Å². The minimum atomic E-state index is -0.141. The van der Waals surface area contributed by atoms with E-state index in [-0.39, 0.29) is 42.8 Å². The van der Waals surface area contributed by atoms with E-state index in [9.17, 15) is 4.79 Å². The minimum absolute atomic E-state index is 0. The number of imidazole rings is 1. The number of benzene rings is 1. The molecule has 0 saturated carbocycles. The fraction of sp³-hybridized carbons (Fsp3) is 0.500. The number of likely N-dealkylation sites (N-methyl/N-ethyl adjacent to an activating group) is 1. The molecule has 0 unspecified atom stereocenters.